The SMILES string of the molecule is NC12CC3CC(C1)CC(C(=O)O)(C3)C2(C(=O)O)C(=O)O. The van der Waals surface area contributed by atoms with Crippen molar-refractivity contribution in [2.75, 3.05) is 0 Å². The molecule has 7 heteroatoms. The van der Waals surface area contributed by atoms with Crippen LogP contribution in [-0.2, 0) is 14.4 Å². The van der Waals surface area contributed by atoms with Crippen molar-refractivity contribution in [1.29, 1.82) is 0 Å². The lowest BCUT2D eigenvalue weighted by Gasteiger charge is -2.66. The molecule has 2 unspecified atom stereocenters. The van der Waals surface area contributed by atoms with Crippen molar-refractivity contribution in [1.82, 2.24) is 0 Å². The fourth-order valence-electron chi connectivity index (χ4n) is 5.48. The van der Waals surface area contributed by atoms with E-state index < -0.39 is 34.3 Å². The Labute approximate surface area is 114 Å². The number of carbonyl (C=O) groups is 3. The third-order valence-electron chi connectivity index (χ3n) is 5.76. The van der Waals surface area contributed by atoms with Crippen LogP contribution in [-0.4, -0.2) is 38.8 Å². The molecule has 0 amide bonds. The minimum Gasteiger partial charge on any atom is -0.481 e. The van der Waals surface area contributed by atoms with E-state index >= 15 is 0 Å². The van der Waals surface area contributed by atoms with Gasteiger partial charge in [0.15, 0.2) is 5.41 Å². The molecule has 4 saturated carbocycles. The first-order valence-corrected chi connectivity index (χ1v) is 6.69. The van der Waals surface area contributed by atoms with Crippen molar-refractivity contribution >= 4 is 17.9 Å². The predicted octanol–water partition coefficient (Wildman–Crippen LogP) is 0.134. The number of aliphatic carboxylic acids is 3. The van der Waals surface area contributed by atoms with E-state index in [2.05, 4.69) is 0 Å². The van der Waals surface area contributed by atoms with Crippen molar-refractivity contribution < 1.29 is 29.7 Å². The van der Waals surface area contributed by atoms with Gasteiger partial charge in [0.1, 0.15) is 0 Å². The summed E-state index contributed by atoms with van der Waals surface area (Å²) in [6.45, 7) is 0. The van der Waals surface area contributed by atoms with E-state index in [0.717, 1.165) is 6.42 Å². The first-order chi connectivity index (χ1) is 9.19. The first kappa shape index (κ1) is 13.4. The lowest BCUT2D eigenvalue weighted by atomic mass is 9.36. The molecule has 4 fully saturated rings. The highest BCUT2D eigenvalue weighted by atomic mass is 16.4. The van der Waals surface area contributed by atoms with Gasteiger partial charge < -0.3 is 21.1 Å². The Hall–Kier alpha value is -1.63. The molecule has 0 heterocycles. The van der Waals surface area contributed by atoms with Crippen LogP contribution < -0.4 is 5.73 Å². The van der Waals surface area contributed by atoms with Gasteiger partial charge in [-0.25, -0.2) is 0 Å². The van der Waals surface area contributed by atoms with Crippen LogP contribution in [0.1, 0.15) is 32.1 Å². The van der Waals surface area contributed by atoms with Crippen molar-refractivity contribution in [3.63, 3.8) is 0 Å². The van der Waals surface area contributed by atoms with Crippen molar-refractivity contribution in [3.05, 3.63) is 0 Å². The molecule has 7 nitrogen and oxygen atoms in total. The van der Waals surface area contributed by atoms with Gasteiger partial charge in [0.2, 0.25) is 0 Å². The molecule has 4 aliphatic rings. The normalized spacial score (nSPS) is 44.2. The van der Waals surface area contributed by atoms with Crippen LogP contribution >= 0.6 is 0 Å². The van der Waals surface area contributed by atoms with Crippen LogP contribution in [0, 0.1) is 22.7 Å². The van der Waals surface area contributed by atoms with Crippen LogP contribution in [0.5, 0.6) is 0 Å². The second-order valence-corrected chi connectivity index (χ2v) is 6.69. The molecule has 4 bridgehead atoms. The molecule has 2 atom stereocenters. The fourth-order valence-corrected chi connectivity index (χ4v) is 5.48. The highest BCUT2D eigenvalue weighted by Gasteiger charge is 2.81. The zero-order chi connectivity index (χ0) is 14.9. The fraction of sp³-hybridized carbons (Fsp3) is 0.769. The summed E-state index contributed by atoms with van der Waals surface area (Å²) in [5.74, 6) is -4.56. The average molecular weight is 283 g/mol. The Balaban J connectivity index is 2.31. The van der Waals surface area contributed by atoms with Gasteiger partial charge in [-0.1, -0.05) is 0 Å². The molecule has 4 aliphatic carbocycles. The summed E-state index contributed by atoms with van der Waals surface area (Å²) in [5, 5.41) is 28.9. The summed E-state index contributed by atoms with van der Waals surface area (Å²) in [6.07, 6.45) is 1.56. The molecule has 0 radical (unpaired) electrons. The van der Waals surface area contributed by atoms with Crippen molar-refractivity contribution in [3.8, 4) is 0 Å². The lowest BCUT2D eigenvalue weighted by Crippen LogP contribution is -2.79. The van der Waals surface area contributed by atoms with E-state index in [4.69, 9.17) is 5.73 Å². The molecule has 0 spiro atoms. The maximum atomic E-state index is 11.8. The van der Waals surface area contributed by atoms with Gasteiger partial charge in [-0.3, -0.25) is 14.4 Å². The molecule has 4 rings (SSSR count). The van der Waals surface area contributed by atoms with E-state index in [1.165, 1.54) is 0 Å². The van der Waals surface area contributed by atoms with Gasteiger partial charge in [0.05, 0.1) is 5.41 Å². The second kappa shape index (κ2) is 3.52. The zero-order valence-corrected chi connectivity index (χ0v) is 10.8. The van der Waals surface area contributed by atoms with E-state index in [0.29, 0.717) is 0 Å². The van der Waals surface area contributed by atoms with E-state index in [-0.39, 0.29) is 37.5 Å². The maximum Gasteiger partial charge on any atom is 0.324 e. The van der Waals surface area contributed by atoms with Gasteiger partial charge in [-0.2, -0.15) is 0 Å². The third kappa shape index (κ3) is 1.14. The summed E-state index contributed by atoms with van der Waals surface area (Å²) in [7, 11) is 0. The number of hydrogen-bond donors (Lipinski definition) is 4. The molecule has 0 aromatic carbocycles. The topological polar surface area (TPSA) is 138 Å². The maximum absolute atomic E-state index is 11.8. The summed E-state index contributed by atoms with van der Waals surface area (Å²) in [5.41, 5.74) is 0.501. The van der Waals surface area contributed by atoms with Crippen LogP contribution in [0.3, 0.4) is 0 Å². The van der Waals surface area contributed by atoms with Gasteiger partial charge in [-0.15, -0.1) is 0 Å². The van der Waals surface area contributed by atoms with Gasteiger partial charge >= 0.3 is 17.9 Å². The summed E-state index contributed by atoms with van der Waals surface area (Å²) < 4.78 is 0. The Bertz CT molecular complexity index is 499. The third-order valence-corrected chi connectivity index (χ3v) is 5.76. The Morgan fingerprint density at radius 3 is 1.65 bits per heavy atom. The molecule has 0 aromatic rings. The van der Waals surface area contributed by atoms with E-state index in [1.807, 2.05) is 0 Å². The van der Waals surface area contributed by atoms with Gasteiger partial charge in [0, 0.05) is 5.54 Å². The minimum atomic E-state index is -2.43. The van der Waals surface area contributed by atoms with Crippen molar-refractivity contribution in [2.45, 2.75) is 37.6 Å². The minimum absolute atomic E-state index is 0.00965. The molecule has 5 N–H and O–H groups in total. The van der Waals surface area contributed by atoms with Gasteiger partial charge in [-0.05, 0) is 43.9 Å². The van der Waals surface area contributed by atoms with Crippen LogP contribution in [0.15, 0.2) is 0 Å². The molecule has 0 aliphatic heterocycles. The zero-order valence-electron chi connectivity index (χ0n) is 10.8. The molecular weight excluding hydrogens is 266 g/mol. The number of carboxylic acids is 3. The van der Waals surface area contributed by atoms with E-state index in [1.54, 1.807) is 0 Å². The number of hydrogen-bond acceptors (Lipinski definition) is 4. The first-order valence-electron chi connectivity index (χ1n) is 6.69. The highest BCUT2D eigenvalue weighted by Crippen LogP contribution is 2.69. The Kier molecular flexibility index (Phi) is 2.35. The van der Waals surface area contributed by atoms with Gasteiger partial charge in [0.25, 0.3) is 0 Å². The Morgan fingerprint density at radius 1 is 0.850 bits per heavy atom. The summed E-state index contributed by atoms with van der Waals surface area (Å²) in [4.78, 5) is 35.5. The Morgan fingerprint density at radius 2 is 1.30 bits per heavy atom. The molecular formula is C13H17NO6. The monoisotopic (exact) mass is 283 g/mol. The second-order valence-electron chi connectivity index (χ2n) is 6.69. The molecule has 0 aromatic heterocycles. The van der Waals surface area contributed by atoms with Crippen LogP contribution in [0.25, 0.3) is 0 Å². The highest BCUT2D eigenvalue weighted by molar-refractivity contribution is 6.06. The van der Waals surface area contributed by atoms with E-state index in [9.17, 15) is 29.7 Å². The number of carboxylic acid groups (broad SMARTS) is 3. The van der Waals surface area contributed by atoms with Crippen molar-refractivity contribution in [2.24, 2.45) is 28.4 Å². The predicted molar refractivity (Wildman–Crippen MR) is 64.8 cm³/mol. The molecule has 20 heavy (non-hydrogen) atoms. The largest absolute Gasteiger partial charge is 0.481 e. The number of nitrogens with two attached hydrogens (primary N) is 1. The molecule has 110 valence electrons. The van der Waals surface area contributed by atoms with Crippen LogP contribution in [0.2, 0.25) is 0 Å². The standard InChI is InChI=1S/C13H17NO6/c14-12-4-6-1-7(5-12)3-11(2-6,8(15)16)13(12,9(17)18)10(19)20/h6-7H,1-5,14H2,(H,15,16)(H,17,18)(H,19,20). The summed E-state index contributed by atoms with van der Waals surface area (Å²) in [6, 6.07) is 0. The number of rotatable bonds is 3. The average Bonchev–Trinajstić information content (AvgIpc) is 2.24. The smallest absolute Gasteiger partial charge is 0.324 e. The van der Waals surface area contributed by atoms with Crippen LogP contribution in [0.4, 0.5) is 0 Å². The quantitative estimate of drug-likeness (QED) is 0.540. The molecule has 0 saturated heterocycles. The summed E-state index contributed by atoms with van der Waals surface area (Å²) >= 11 is 0. The lowest BCUT2D eigenvalue weighted by molar-refractivity contribution is -0.228.